The van der Waals surface area contributed by atoms with E-state index < -0.39 is 0 Å². The molecule has 1 unspecified atom stereocenters. The summed E-state index contributed by atoms with van der Waals surface area (Å²) in [6.07, 6.45) is 1.43. The van der Waals surface area contributed by atoms with Gasteiger partial charge in [0, 0.05) is 28.5 Å². The first-order chi connectivity index (χ1) is 10.2. The molecule has 0 spiro atoms. The summed E-state index contributed by atoms with van der Waals surface area (Å²) in [6, 6.07) is 14.6. The van der Waals surface area contributed by atoms with Crippen molar-refractivity contribution in [1.29, 1.82) is 0 Å². The molecule has 110 valence electrons. The minimum atomic E-state index is 0.229. The number of carbonyl (C=O) groups excluding carboxylic acids is 1. The van der Waals surface area contributed by atoms with E-state index in [0.717, 1.165) is 18.7 Å². The summed E-state index contributed by atoms with van der Waals surface area (Å²) >= 11 is 3.69. The van der Waals surface area contributed by atoms with Crippen molar-refractivity contribution in [2.75, 3.05) is 12.3 Å². The monoisotopic (exact) mass is 317 g/mol. The summed E-state index contributed by atoms with van der Waals surface area (Å²) in [6.45, 7) is 3.00. The van der Waals surface area contributed by atoms with Crippen LogP contribution in [0, 0.1) is 6.92 Å². The van der Waals surface area contributed by atoms with Crippen molar-refractivity contribution in [1.82, 2.24) is 4.90 Å². The van der Waals surface area contributed by atoms with Crippen LogP contribution in [0.1, 0.15) is 27.1 Å². The Labute approximate surface area is 134 Å². The first kappa shape index (κ1) is 14.7. The highest BCUT2D eigenvalue weighted by atomic mass is 32.2. The average molecular weight is 317 g/mol. The summed E-state index contributed by atoms with van der Waals surface area (Å²) in [5.41, 5.74) is 1.24. The number of carbonyl (C=O) groups is 1. The smallest absolute Gasteiger partial charge is 0.224 e. The molecule has 1 saturated heterocycles. The van der Waals surface area contributed by atoms with Crippen LogP contribution in [0.3, 0.4) is 0 Å². The lowest BCUT2D eigenvalue weighted by Gasteiger charge is -2.23. The van der Waals surface area contributed by atoms with Gasteiger partial charge in [0.15, 0.2) is 0 Å². The zero-order valence-corrected chi connectivity index (χ0v) is 13.8. The summed E-state index contributed by atoms with van der Waals surface area (Å²) in [4.78, 5) is 17.2. The Balaban J connectivity index is 1.63. The second-order valence-corrected chi connectivity index (χ2v) is 7.75. The Bertz CT molecular complexity index is 608. The second-order valence-electron chi connectivity index (χ2n) is 5.24. The van der Waals surface area contributed by atoms with Gasteiger partial charge in [-0.1, -0.05) is 30.3 Å². The predicted molar refractivity (Wildman–Crippen MR) is 90.7 cm³/mol. The molecule has 4 heteroatoms. The van der Waals surface area contributed by atoms with Crippen molar-refractivity contribution in [2.24, 2.45) is 0 Å². The molecule has 0 radical (unpaired) electrons. The zero-order chi connectivity index (χ0) is 14.7. The van der Waals surface area contributed by atoms with Gasteiger partial charge in [0.05, 0.1) is 0 Å². The largest absolute Gasteiger partial charge is 0.325 e. The molecule has 1 aliphatic heterocycles. The summed E-state index contributed by atoms with van der Waals surface area (Å²) in [5.74, 6) is 1.32. The van der Waals surface area contributed by atoms with Gasteiger partial charge >= 0.3 is 0 Å². The maximum atomic E-state index is 12.5. The van der Waals surface area contributed by atoms with Crippen molar-refractivity contribution in [2.45, 2.75) is 25.1 Å². The Kier molecular flexibility index (Phi) is 4.66. The van der Waals surface area contributed by atoms with Gasteiger partial charge in [-0.25, -0.2) is 0 Å². The van der Waals surface area contributed by atoms with Gasteiger partial charge < -0.3 is 4.90 Å². The van der Waals surface area contributed by atoms with E-state index in [2.05, 4.69) is 36.1 Å². The van der Waals surface area contributed by atoms with E-state index in [1.165, 1.54) is 15.3 Å². The quantitative estimate of drug-likeness (QED) is 0.839. The van der Waals surface area contributed by atoms with Crippen LogP contribution in [-0.2, 0) is 11.2 Å². The fraction of sp³-hybridized carbons (Fsp3) is 0.353. The highest BCUT2D eigenvalue weighted by Crippen LogP contribution is 2.41. The normalized spacial score (nSPS) is 18.1. The number of rotatable bonds is 4. The molecule has 0 bridgehead atoms. The molecule has 0 saturated carbocycles. The van der Waals surface area contributed by atoms with Crippen molar-refractivity contribution < 1.29 is 4.79 Å². The first-order valence-electron chi connectivity index (χ1n) is 7.25. The number of amides is 1. The van der Waals surface area contributed by atoms with E-state index in [-0.39, 0.29) is 11.3 Å². The maximum absolute atomic E-state index is 12.5. The van der Waals surface area contributed by atoms with Crippen molar-refractivity contribution in [3.8, 4) is 0 Å². The van der Waals surface area contributed by atoms with E-state index in [1.807, 2.05) is 30.0 Å². The summed E-state index contributed by atoms with van der Waals surface area (Å²) in [5, 5.41) is 0.229. The molecule has 1 aromatic carbocycles. The fourth-order valence-electron chi connectivity index (χ4n) is 2.59. The van der Waals surface area contributed by atoms with Gasteiger partial charge in [0.1, 0.15) is 5.37 Å². The fourth-order valence-corrected chi connectivity index (χ4v) is 4.98. The van der Waals surface area contributed by atoms with Gasteiger partial charge in [0.25, 0.3) is 0 Å². The minimum Gasteiger partial charge on any atom is -0.325 e. The van der Waals surface area contributed by atoms with Crippen molar-refractivity contribution in [3.63, 3.8) is 0 Å². The van der Waals surface area contributed by atoms with E-state index in [0.29, 0.717) is 6.42 Å². The van der Waals surface area contributed by atoms with Gasteiger partial charge in [-0.05, 0) is 31.0 Å². The van der Waals surface area contributed by atoms with Crippen molar-refractivity contribution in [3.05, 3.63) is 57.8 Å². The third kappa shape index (κ3) is 3.50. The Morgan fingerprint density at radius 1 is 1.24 bits per heavy atom. The molecule has 1 aromatic heterocycles. The van der Waals surface area contributed by atoms with Crippen LogP contribution >= 0.6 is 23.1 Å². The van der Waals surface area contributed by atoms with Crippen LogP contribution < -0.4 is 0 Å². The third-order valence-electron chi connectivity index (χ3n) is 3.69. The summed E-state index contributed by atoms with van der Waals surface area (Å²) < 4.78 is 0. The Morgan fingerprint density at radius 3 is 2.76 bits per heavy atom. The number of nitrogens with zero attached hydrogens (tertiary/aromatic N) is 1. The second kappa shape index (κ2) is 6.67. The molecule has 1 aliphatic rings. The first-order valence-corrected chi connectivity index (χ1v) is 9.12. The highest BCUT2D eigenvalue weighted by molar-refractivity contribution is 7.99. The zero-order valence-electron chi connectivity index (χ0n) is 12.1. The van der Waals surface area contributed by atoms with Crippen LogP contribution in [-0.4, -0.2) is 23.1 Å². The van der Waals surface area contributed by atoms with Crippen LogP contribution in [0.5, 0.6) is 0 Å². The maximum Gasteiger partial charge on any atom is 0.224 e. The Hall–Kier alpha value is -1.26. The molecule has 2 aromatic rings. The Morgan fingerprint density at radius 2 is 2.05 bits per heavy atom. The van der Waals surface area contributed by atoms with Crippen LogP contribution in [0.25, 0.3) is 0 Å². The lowest BCUT2D eigenvalue weighted by atomic mass is 10.1. The lowest BCUT2D eigenvalue weighted by molar-refractivity contribution is -0.131. The molecule has 1 atom stereocenters. The van der Waals surface area contributed by atoms with Crippen LogP contribution in [0.15, 0.2) is 42.5 Å². The topological polar surface area (TPSA) is 20.3 Å². The van der Waals surface area contributed by atoms with Gasteiger partial charge in [0.2, 0.25) is 5.91 Å². The number of thioether (sulfide) groups is 1. The van der Waals surface area contributed by atoms with E-state index in [9.17, 15) is 4.79 Å². The van der Waals surface area contributed by atoms with Gasteiger partial charge in [-0.2, -0.15) is 0 Å². The number of hydrogen-bond acceptors (Lipinski definition) is 3. The van der Waals surface area contributed by atoms with Crippen molar-refractivity contribution >= 4 is 29.0 Å². The SMILES string of the molecule is Cc1ccc(C2SCCN2C(=O)CCc2ccccc2)s1. The van der Waals surface area contributed by atoms with E-state index in [1.54, 1.807) is 11.3 Å². The van der Waals surface area contributed by atoms with Gasteiger partial charge in [-0.15, -0.1) is 23.1 Å². The standard InChI is InChI=1S/C17H19NOS2/c1-13-7-9-15(21-13)17-18(11-12-20-17)16(19)10-8-14-5-3-2-4-6-14/h2-7,9,17H,8,10-12H2,1H3. The molecule has 1 amide bonds. The molecule has 3 rings (SSSR count). The average Bonchev–Trinajstić information content (AvgIpc) is 3.14. The van der Waals surface area contributed by atoms with E-state index >= 15 is 0 Å². The minimum absolute atomic E-state index is 0.229. The molecule has 1 fully saturated rings. The molecule has 0 N–H and O–H groups in total. The van der Waals surface area contributed by atoms with E-state index in [4.69, 9.17) is 0 Å². The number of benzene rings is 1. The molecule has 2 heterocycles. The molecule has 0 aliphatic carbocycles. The molecular formula is C17H19NOS2. The predicted octanol–water partition coefficient (Wildman–Crippen LogP) is 4.26. The highest BCUT2D eigenvalue weighted by Gasteiger charge is 2.31. The molecule has 21 heavy (non-hydrogen) atoms. The number of hydrogen-bond donors (Lipinski definition) is 0. The lowest BCUT2D eigenvalue weighted by Crippen LogP contribution is -2.30. The molecular weight excluding hydrogens is 298 g/mol. The molecule has 2 nitrogen and oxygen atoms in total. The summed E-state index contributed by atoms with van der Waals surface area (Å²) in [7, 11) is 0. The van der Waals surface area contributed by atoms with Crippen LogP contribution in [0.4, 0.5) is 0 Å². The third-order valence-corrected chi connectivity index (χ3v) is 6.13. The number of aryl methyl sites for hydroxylation is 2. The number of thiophene rings is 1. The van der Waals surface area contributed by atoms with Crippen LogP contribution in [0.2, 0.25) is 0 Å². The van der Waals surface area contributed by atoms with Gasteiger partial charge in [-0.3, -0.25) is 4.79 Å².